The lowest BCUT2D eigenvalue weighted by molar-refractivity contribution is -0.311. The van der Waals surface area contributed by atoms with E-state index in [0.717, 1.165) is 63.0 Å². The van der Waals surface area contributed by atoms with Crippen molar-refractivity contribution in [2.45, 2.75) is 101 Å². The van der Waals surface area contributed by atoms with Gasteiger partial charge in [-0.25, -0.2) is 0 Å². The number of piperidine rings is 1. The minimum Gasteiger partial charge on any atom is -0.493 e. The minimum absolute atomic E-state index is 0.109. The molecule has 0 aromatic heterocycles. The molecule has 1 amide bonds. The number of rotatable bonds is 4. The Morgan fingerprint density at radius 1 is 1.14 bits per heavy atom. The smallest absolute Gasteiger partial charge is 0.225 e. The number of likely N-dealkylation sites (tertiary alicyclic amines) is 1. The second kappa shape index (κ2) is 6.79. The summed E-state index contributed by atoms with van der Waals surface area (Å²) in [6, 6.07) is 4.37. The molecule has 2 spiro atoms. The summed E-state index contributed by atoms with van der Waals surface area (Å²) >= 11 is 0. The lowest BCUT2D eigenvalue weighted by Gasteiger charge is -2.75. The SMILES string of the molecule is COc1ccc2c3c1O[C@@H]1[C@]34CCN(C(=O)C3CC3)[C@H](C2)[C@]42CC[C@@]1(OC)C([C@](C)(O)C(C)(C)C)C2. The van der Waals surface area contributed by atoms with Crippen LogP contribution in [0, 0.1) is 22.7 Å². The number of fused-ring (bicyclic) bond motifs is 2. The lowest BCUT2D eigenvalue weighted by atomic mass is 9.33. The molecule has 4 saturated carbocycles. The molecule has 1 N–H and O–H groups in total. The number of methoxy groups -OCH3 is 2. The van der Waals surface area contributed by atoms with Crippen LogP contribution in [0.3, 0.4) is 0 Å². The quantitative estimate of drug-likeness (QED) is 0.677. The summed E-state index contributed by atoms with van der Waals surface area (Å²) in [5.41, 5.74) is 0.322. The van der Waals surface area contributed by atoms with E-state index in [0.29, 0.717) is 5.91 Å². The van der Waals surface area contributed by atoms with E-state index in [1.807, 2.05) is 20.1 Å². The number of hydrogen-bond acceptors (Lipinski definition) is 5. The zero-order chi connectivity index (χ0) is 25.5. The fourth-order valence-corrected chi connectivity index (χ4v) is 9.62. The average Bonchev–Trinajstić information content (AvgIpc) is 3.62. The first-order valence-corrected chi connectivity index (χ1v) is 13.9. The van der Waals surface area contributed by atoms with Gasteiger partial charge in [-0.05, 0) is 68.9 Å². The Labute approximate surface area is 214 Å². The molecule has 196 valence electrons. The summed E-state index contributed by atoms with van der Waals surface area (Å²) in [6.45, 7) is 9.16. The van der Waals surface area contributed by atoms with E-state index < -0.39 is 11.2 Å². The molecule has 1 aromatic rings. The van der Waals surface area contributed by atoms with Crippen LogP contribution in [0.25, 0.3) is 0 Å². The van der Waals surface area contributed by atoms with Crippen LogP contribution in [-0.2, 0) is 21.4 Å². The van der Waals surface area contributed by atoms with Crippen molar-refractivity contribution in [2.24, 2.45) is 22.7 Å². The second-order valence-electron chi connectivity index (χ2n) is 13.8. The van der Waals surface area contributed by atoms with Crippen LogP contribution in [0.4, 0.5) is 0 Å². The first-order chi connectivity index (χ1) is 17.0. The van der Waals surface area contributed by atoms with Gasteiger partial charge in [0.05, 0.1) is 12.7 Å². The molecular weight excluding hydrogens is 454 g/mol. The van der Waals surface area contributed by atoms with Crippen LogP contribution < -0.4 is 9.47 Å². The first-order valence-electron chi connectivity index (χ1n) is 13.9. The molecule has 36 heavy (non-hydrogen) atoms. The predicted molar refractivity (Wildman–Crippen MR) is 135 cm³/mol. The number of nitrogens with zero attached hydrogens (tertiary/aromatic N) is 1. The number of ether oxygens (including phenoxy) is 3. The van der Waals surface area contributed by atoms with Gasteiger partial charge < -0.3 is 24.2 Å². The monoisotopic (exact) mass is 495 g/mol. The van der Waals surface area contributed by atoms with E-state index >= 15 is 0 Å². The molecule has 7 atom stereocenters. The van der Waals surface area contributed by atoms with Crippen molar-refractivity contribution in [1.29, 1.82) is 0 Å². The van der Waals surface area contributed by atoms with E-state index in [2.05, 4.69) is 31.7 Å². The zero-order valence-electron chi connectivity index (χ0n) is 22.6. The van der Waals surface area contributed by atoms with Crippen molar-refractivity contribution in [1.82, 2.24) is 4.90 Å². The van der Waals surface area contributed by atoms with Crippen LogP contribution >= 0.6 is 0 Å². The fraction of sp³-hybridized carbons (Fsp3) is 0.767. The average molecular weight is 496 g/mol. The minimum atomic E-state index is -0.972. The van der Waals surface area contributed by atoms with Crippen molar-refractivity contribution in [3.63, 3.8) is 0 Å². The summed E-state index contributed by atoms with van der Waals surface area (Å²) in [7, 11) is 3.53. The van der Waals surface area contributed by atoms with Crippen molar-refractivity contribution >= 4 is 5.91 Å². The van der Waals surface area contributed by atoms with Gasteiger partial charge in [-0.1, -0.05) is 26.8 Å². The molecule has 6 heteroatoms. The maximum absolute atomic E-state index is 13.7. The van der Waals surface area contributed by atoms with Crippen LogP contribution in [0.15, 0.2) is 12.1 Å². The van der Waals surface area contributed by atoms with E-state index in [-0.39, 0.29) is 40.2 Å². The van der Waals surface area contributed by atoms with Crippen molar-refractivity contribution in [3.05, 3.63) is 23.3 Å². The first kappa shape index (κ1) is 23.3. The molecule has 0 radical (unpaired) electrons. The van der Waals surface area contributed by atoms with Gasteiger partial charge in [-0.15, -0.1) is 0 Å². The highest BCUT2D eigenvalue weighted by Gasteiger charge is 2.82. The van der Waals surface area contributed by atoms with E-state index in [4.69, 9.17) is 14.2 Å². The van der Waals surface area contributed by atoms with Gasteiger partial charge in [0.1, 0.15) is 11.7 Å². The molecule has 2 aliphatic heterocycles. The molecule has 1 aromatic carbocycles. The number of amides is 1. The second-order valence-corrected chi connectivity index (χ2v) is 13.8. The maximum Gasteiger partial charge on any atom is 0.225 e. The Bertz CT molecular complexity index is 1150. The number of benzene rings is 1. The Morgan fingerprint density at radius 3 is 2.53 bits per heavy atom. The molecule has 7 aliphatic rings. The Kier molecular flexibility index (Phi) is 4.40. The number of hydrogen-bond donors (Lipinski definition) is 1. The van der Waals surface area contributed by atoms with Crippen LogP contribution in [0.5, 0.6) is 11.5 Å². The van der Waals surface area contributed by atoms with Crippen molar-refractivity contribution in [2.75, 3.05) is 20.8 Å². The third-order valence-corrected chi connectivity index (χ3v) is 12.0. The molecular formula is C30H41NO5. The van der Waals surface area contributed by atoms with Crippen LogP contribution in [0.2, 0.25) is 0 Å². The highest BCUT2D eigenvalue weighted by molar-refractivity contribution is 5.82. The molecule has 6 nitrogen and oxygen atoms in total. The summed E-state index contributed by atoms with van der Waals surface area (Å²) in [6.07, 6.45) is 6.26. The Balaban J connectivity index is 1.49. The predicted octanol–water partition coefficient (Wildman–Crippen LogP) is 4.24. The summed E-state index contributed by atoms with van der Waals surface area (Å²) in [4.78, 5) is 15.9. The maximum atomic E-state index is 13.7. The summed E-state index contributed by atoms with van der Waals surface area (Å²) in [5.74, 6) is 2.11. The number of aliphatic hydroxyl groups is 1. The third kappa shape index (κ3) is 2.36. The molecule has 4 bridgehead atoms. The zero-order valence-corrected chi connectivity index (χ0v) is 22.6. The fourth-order valence-electron chi connectivity index (χ4n) is 9.62. The topological polar surface area (TPSA) is 68.2 Å². The number of carbonyl (C=O) groups is 1. The van der Waals surface area contributed by atoms with Gasteiger partial charge >= 0.3 is 0 Å². The van der Waals surface area contributed by atoms with Gasteiger partial charge in [0, 0.05) is 47.9 Å². The third-order valence-electron chi connectivity index (χ3n) is 12.0. The van der Waals surface area contributed by atoms with E-state index in [1.165, 1.54) is 11.1 Å². The van der Waals surface area contributed by atoms with E-state index in [1.54, 1.807) is 7.11 Å². The molecule has 5 aliphatic carbocycles. The standard InChI is InChI=1S/C30H41NO5/c1-26(2,3)27(4,33)20-16-28-11-12-30(20,35-6)25-29(28)13-14-31(24(32)17-7-8-17)21(28)15-18-9-10-19(34-5)23(36-25)22(18)29/h9-10,17,20-21,25,33H,7-8,11-16H2,1-6H3/t20?,21-,25-,27+,28-,29+,30-/m1/s1. The van der Waals surface area contributed by atoms with E-state index in [9.17, 15) is 9.90 Å². The van der Waals surface area contributed by atoms with Gasteiger partial charge in [-0.2, -0.15) is 0 Å². The highest BCUT2D eigenvalue weighted by Crippen LogP contribution is 2.78. The summed E-state index contributed by atoms with van der Waals surface area (Å²) in [5, 5.41) is 12.3. The van der Waals surface area contributed by atoms with Crippen LogP contribution in [0.1, 0.15) is 77.3 Å². The largest absolute Gasteiger partial charge is 0.493 e. The van der Waals surface area contributed by atoms with Gasteiger partial charge in [0.15, 0.2) is 11.5 Å². The molecule has 1 unspecified atom stereocenters. The summed E-state index contributed by atoms with van der Waals surface area (Å²) < 4.78 is 19.5. The molecule has 2 heterocycles. The van der Waals surface area contributed by atoms with Gasteiger partial charge in [0.25, 0.3) is 0 Å². The van der Waals surface area contributed by atoms with Crippen LogP contribution in [-0.4, -0.2) is 60.0 Å². The molecule has 1 saturated heterocycles. The Morgan fingerprint density at radius 2 is 1.89 bits per heavy atom. The van der Waals surface area contributed by atoms with Gasteiger partial charge in [0.2, 0.25) is 5.91 Å². The molecule has 8 rings (SSSR count). The van der Waals surface area contributed by atoms with Crippen molar-refractivity contribution < 1.29 is 24.1 Å². The Hall–Kier alpha value is -1.79. The highest BCUT2D eigenvalue weighted by atomic mass is 16.6. The molecule has 5 fully saturated rings. The normalized spacial score (nSPS) is 41.4. The number of carbonyl (C=O) groups excluding carboxylic acids is 1. The van der Waals surface area contributed by atoms with Gasteiger partial charge in [-0.3, -0.25) is 4.79 Å². The lowest BCUT2D eigenvalue weighted by Crippen LogP contribution is -2.83. The van der Waals surface area contributed by atoms with Crippen molar-refractivity contribution in [3.8, 4) is 11.5 Å².